The second-order valence-electron chi connectivity index (χ2n) is 3.15. The van der Waals surface area contributed by atoms with Crippen molar-refractivity contribution in [3.63, 3.8) is 0 Å². The van der Waals surface area contributed by atoms with E-state index in [1.165, 1.54) is 5.56 Å². The molecule has 0 fully saturated rings. The van der Waals surface area contributed by atoms with Gasteiger partial charge in [0.25, 0.3) is 0 Å². The van der Waals surface area contributed by atoms with Crippen LogP contribution in [-0.4, -0.2) is 19.8 Å². The highest BCUT2D eigenvalue weighted by atomic mass is 15.1. The van der Waals surface area contributed by atoms with E-state index in [1.54, 1.807) is 13.3 Å². The summed E-state index contributed by atoms with van der Waals surface area (Å²) in [5, 5.41) is 8.15. The highest BCUT2D eigenvalue weighted by Gasteiger charge is 1.95. The highest BCUT2D eigenvalue weighted by Crippen LogP contribution is 2.19. The van der Waals surface area contributed by atoms with Crippen LogP contribution in [0.5, 0.6) is 0 Å². The molecule has 0 atom stereocenters. The zero-order valence-electron chi connectivity index (χ0n) is 8.86. The van der Waals surface area contributed by atoms with Gasteiger partial charge in [-0.2, -0.15) is 10.2 Å². The van der Waals surface area contributed by atoms with Crippen molar-refractivity contribution in [3.05, 3.63) is 29.3 Å². The molecule has 0 aromatic heterocycles. The average molecular weight is 189 g/mol. The van der Waals surface area contributed by atoms with Gasteiger partial charge in [-0.25, -0.2) is 0 Å². The van der Waals surface area contributed by atoms with Crippen LogP contribution in [0.15, 0.2) is 33.4 Å². The molecular weight excluding hydrogens is 174 g/mol. The van der Waals surface area contributed by atoms with Crippen molar-refractivity contribution in [2.45, 2.75) is 13.8 Å². The lowest BCUT2D eigenvalue weighted by Crippen LogP contribution is -1.80. The number of nitrogens with zero attached hydrogens (tertiary/aromatic N) is 3. The molecular formula is C11H15N3. The molecule has 1 aromatic rings. The van der Waals surface area contributed by atoms with Crippen LogP contribution in [0.4, 0.5) is 5.69 Å². The fourth-order valence-corrected chi connectivity index (χ4v) is 1.06. The predicted octanol–water partition coefficient (Wildman–Crippen LogP) is 3.09. The Morgan fingerprint density at radius 1 is 1.29 bits per heavy atom. The van der Waals surface area contributed by atoms with E-state index in [2.05, 4.69) is 27.4 Å². The van der Waals surface area contributed by atoms with Crippen molar-refractivity contribution in [1.29, 1.82) is 0 Å². The Balaban J connectivity index is 2.75. The Labute approximate surface area is 84.6 Å². The number of benzene rings is 1. The second-order valence-corrected chi connectivity index (χ2v) is 3.15. The molecule has 0 saturated carbocycles. The maximum absolute atomic E-state index is 4.14. The maximum atomic E-state index is 4.14. The summed E-state index contributed by atoms with van der Waals surface area (Å²) in [6.45, 7) is 4.62. The largest absolute Gasteiger partial charge is 0.299 e. The van der Waals surface area contributed by atoms with Crippen molar-refractivity contribution >= 4 is 11.9 Å². The first-order valence-electron chi connectivity index (χ1n) is 4.59. The van der Waals surface area contributed by atoms with Gasteiger partial charge in [0.2, 0.25) is 0 Å². The minimum absolute atomic E-state index is 0.546. The first-order chi connectivity index (χ1) is 6.74. The van der Waals surface area contributed by atoms with Gasteiger partial charge < -0.3 is 0 Å². The molecule has 0 aliphatic carbocycles. The van der Waals surface area contributed by atoms with Crippen molar-refractivity contribution in [1.82, 2.24) is 0 Å². The lowest BCUT2D eigenvalue weighted by molar-refractivity contribution is 1.10. The summed E-state index contributed by atoms with van der Waals surface area (Å²) in [4.78, 5) is 3.83. The van der Waals surface area contributed by atoms with Gasteiger partial charge in [0.05, 0.1) is 12.2 Å². The predicted molar refractivity (Wildman–Crippen MR) is 59.7 cm³/mol. The smallest absolute Gasteiger partial charge is 0.0951 e. The van der Waals surface area contributed by atoms with Crippen molar-refractivity contribution in [2.24, 2.45) is 15.2 Å². The highest BCUT2D eigenvalue weighted by molar-refractivity contribution is 5.59. The van der Waals surface area contributed by atoms with Gasteiger partial charge in [-0.05, 0) is 31.0 Å². The molecule has 0 saturated heterocycles. The molecule has 0 radical (unpaired) electrons. The second kappa shape index (κ2) is 5.27. The van der Waals surface area contributed by atoms with Crippen LogP contribution in [0.3, 0.4) is 0 Å². The Kier molecular flexibility index (Phi) is 3.98. The molecule has 74 valence electrons. The molecule has 0 amide bonds. The zero-order chi connectivity index (χ0) is 10.4. The maximum Gasteiger partial charge on any atom is 0.0951 e. The molecule has 0 aliphatic heterocycles. The minimum Gasteiger partial charge on any atom is -0.299 e. The topological polar surface area (TPSA) is 37.1 Å². The van der Waals surface area contributed by atoms with Crippen LogP contribution in [0.25, 0.3) is 0 Å². The van der Waals surface area contributed by atoms with E-state index in [1.807, 2.05) is 19.9 Å². The van der Waals surface area contributed by atoms with E-state index in [9.17, 15) is 0 Å². The van der Waals surface area contributed by atoms with E-state index < -0.39 is 0 Å². The van der Waals surface area contributed by atoms with Crippen LogP contribution in [0, 0.1) is 13.8 Å². The Hall–Kier alpha value is -1.51. The third-order valence-electron chi connectivity index (χ3n) is 1.89. The van der Waals surface area contributed by atoms with Gasteiger partial charge in [0.15, 0.2) is 0 Å². The third kappa shape index (κ3) is 3.09. The van der Waals surface area contributed by atoms with Gasteiger partial charge in [-0.3, -0.25) is 4.99 Å². The molecule has 0 aliphatic rings. The number of hydrogen-bond donors (Lipinski definition) is 0. The Morgan fingerprint density at radius 3 is 2.79 bits per heavy atom. The molecule has 3 nitrogen and oxygen atoms in total. The van der Waals surface area contributed by atoms with Gasteiger partial charge in [-0.1, -0.05) is 12.1 Å². The van der Waals surface area contributed by atoms with E-state index in [0.29, 0.717) is 6.54 Å². The lowest BCUT2D eigenvalue weighted by Gasteiger charge is -1.99. The summed E-state index contributed by atoms with van der Waals surface area (Å²) in [6, 6.07) is 6.15. The van der Waals surface area contributed by atoms with Crippen LogP contribution in [0.1, 0.15) is 11.1 Å². The molecule has 0 unspecified atom stereocenters. The van der Waals surface area contributed by atoms with Crippen molar-refractivity contribution < 1.29 is 0 Å². The van der Waals surface area contributed by atoms with Crippen LogP contribution < -0.4 is 0 Å². The van der Waals surface area contributed by atoms with E-state index in [4.69, 9.17) is 0 Å². The van der Waals surface area contributed by atoms with E-state index in [-0.39, 0.29) is 0 Å². The molecule has 3 heteroatoms. The molecule has 0 bridgehead atoms. The molecule has 1 rings (SSSR count). The SMILES string of the molecule is CN=CCN=Nc1cc(C)ccc1C. The standard InChI is InChI=1S/C11H15N3/c1-9-4-5-10(2)11(8-9)14-13-7-6-12-3/h4-6,8H,7H2,1-3H3. The first kappa shape index (κ1) is 10.6. The quantitative estimate of drug-likeness (QED) is 0.517. The molecule has 0 N–H and O–H groups in total. The Bertz CT molecular complexity index is 354. The van der Waals surface area contributed by atoms with Gasteiger partial charge in [0, 0.05) is 13.3 Å². The Morgan fingerprint density at radius 2 is 2.07 bits per heavy atom. The molecule has 0 heterocycles. The van der Waals surface area contributed by atoms with Crippen LogP contribution in [0.2, 0.25) is 0 Å². The summed E-state index contributed by atoms with van der Waals surface area (Å²) < 4.78 is 0. The van der Waals surface area contributed by atoms with Gasteiger partial charge >= 0.3 is 0 Å². The number of azo groups is 1. The third-order valence-corrected chi connectivity index (χ3v) is 1.89. The summed E-state index contributed by atoms with van der Waals surface area (Å²) in [5.74, 6) is 0. The first-order valence-corrected chi connectivity index (χ1v) is 4.59. The number of rotatable bonds is 3. The van der Waals surface area contributed by atoms with Crippen molar-refractivity contribution in [2.75, 3.05) is 13.6 Å². The van der Waals surface area contributed by atoms with Crippen LogP contribution >= 0.6 is 0 Å². The normalized spacial score (nSPS) is 11.6. The molecule has 0 spiro atoms. The van der Waals surface area contributed by atoms with E-state index >= 15 is 0 Å². The number of aryl methyl sites for hydroxylation is 2. The summed E-state index contributed by atoms with van der Waals surface area (Å²) in [7, 11) is 1.73. The van der Waals surface area contributed by atoms with Gasteiger partial charge in [0.1, 0.15) is 0 Å². The van der Waals surface area contributed by atoms with Crippen molar-refractivity contribution in [3.8, 4) is 0 Å². The average Bonchev–Trinajstić information content (AvgIpc) is 2.18. The number of aliphatic imine (C=N–C) groups is 1. The fourth-order valence-electron chi connectivity index (χ4n) is 1.06. The van der Waals surface area contributed by atoms with Crippen LogP contribution in [-0.2, 0) is 0 Å². The zero-order valence-corrected chi connectivity index (χ0v) is 8.86. The minimum atomic E-state index is 0.546. The van der Waals surface area contributed by atoms with Gasteiger partial charge in [-0.15, -0.1) is 0 Å². The molecule has 14 heavy (non-hydrogen) atoms. The fraction of sp³-hybridized carbons (Fsp3) is 0.364. The summed E-state index contributed by atoms with van der Waals surface area (Å²) >= 11 is 0. The monoisotopic (exact) mass is 189 g/mol. The summed E-state index contributed by atoms with van der Waals surface area (Å²) in [5.41, 5.74) is 3.29. The lowest BCUT2D eigenvalue weighted by atomic mass is 10.1. The molecule has 1 aromatic carbocycles. The number of hydrogen-bond acceptors (Lipinski definition) is 3. The van der Waals surface area contributed by atoms with E-state index in [0.717, 1.165) is 11.3 Å². The summed E-state index contributed by atoms with van der Waals surface area (Å²) in [6.07, 6.45) is 1.73.